The molecule has 0 saturated carbocycles. The van der Waals surface area contributed by atoms with Crippen LogP contribution in [0.1, 0.15) is 11.7 Å². The maximum absolute atomic E-state index is 10.5. The van der Waals surface area contributed by atoms with E-state index in [0.29, 0.717) is 0 Å². The van der Waals surface area contributed by atoms with Gasteiger partial charge in [0.1, 0.15) is 5.75 Å². The molecule has 0 fully saturated rings. The third-order valence-corrected chi connectivity index (χ3v) is 1.50. The topological polar surface area (TPSA) is 83.6 Å². The van der Waals surface area contributed by atoms with Gasteiger partial charge in [0.2, 0.25) is 0 Å². The second-order valence-electron chi connectivity index (χ2n) is 2.36. The Morgan fingerprint density at radius 2 is 2.00 bits per heavy atom. The van der Waals surface area contributed by atoms with E-state index in [1.807, 2.05) is 0 Å². The van der Waals surface area contributed by atoms with Gasteiger partial charge in [-0.2, -0.15) is 0 Å². The summed E-state index contributed by atoms with van der Waals surface area (Å²) in [7, 11) is 0. The highest BCUT2D eigenvalue weighted by atomic mass is 16.3. The molecule has 0 aliphatic heterocycles. The zero-order chi connectivity index (χ0) is 9.14. The fraction of sp³-hybridized carbons (Fsp3) is 0.125. The number of hydrogen-bond acceptors (Lipinski definition) is 3. The Kier molecular flexibility index (Phi) is 2.30. The molecular formula is C8H9NO3. The van der Waals surface area contributed by atoms with Crippen LogP contribution in [0.5, 0.6) is 5.75 Å². The molecule has 0 radical (unpaired) electrons. The third kappa shape index (κ3) is 1.54. The van der Waals surface area contributed by atoms with Crippen LogP contribution in [0.25, 0.3) is 0 Å². The average Bonchev–Trinajstić information content (AvgIpc) is 2.04. The van der Waals surface area contributed by atoms with E-state index >= 15 is 0 Å². The van der Waals surface area contributed by atoms with Crippen LogP contribution in [-0.2, 0) is 4.79 Å². The lowest BCUT2D eigenvalue weighted by Crippen LogP contribution is -2.20. The van der Waals surface area contributed by atoms with E-state index in [4.69, 9.17) is 15.9 Å². The molecule has 4 nitrogen and oxygen atoms in total. The van der Waals surface area contributed by atoms with E-state index in [-0.39, 0.29) is 11.3 Å². The number of para-hydroxylation sites is 1. The number of phenolic OH excluding ortho intramolecular Hbond substituents is 1. The summed E-state index contributed by atoms with van der Waals surface area (Å²) in [5.41, 5.74) is 4.97. The SMILES string of the molecule is NC(=O)C(O)c1ccccc1O. The largest absolute Gasteiger partial charge is 0.508 e. The molecule has 64 valence electrons. The summed E-state index contributed by atoms with van der Waals surface area (Å²) in [4.78, 5) is 10.5. The number of primary amides is 1. The van der Waals surface area contributed by atoms with Crippen molar-refractivity contribution in [2.45, 2.75) is 6.10 Å². The maximum atomic E-state index is 10.5. The van der Waals surface area contributed by atoms with Gasteiger partial charge in [0.25, 0.3) is 5.91 Å². The number of aromatic hydroxyl groups is 1. The standard InChI is InChI=1S/C8H9NO3/c9-8(12)7(11)5-3-1-2-4-6(5)10/h1-4,7,10-11H,(H2,9,12). The van der Waals surface area contributed by atoms with Crippen LogP contribution in [0.4, 0.5) is 0 Å². The summed E-state index contributed by atoms with van der Waals surface area (Å²) < 4.78 is 0. The molecule has 1 amide bonds. The van der Waals surface area contributed by atoms with Gasteiger partial charge in [-0.1, -0.05) is 18.2 Å². The lowest BCUT2D eigenvalue weighted by molar-refractivity contribution is -0.126. The first-order chi connectivity index (χ1) is 5.63. The fourth-order valence-corrected chi connectivity index (χ4v) is 0.872. The van der Waals surface area contributed by atoms with E-state index in [2.05, 4.69) is 0 Å². The number of carbonyl (C=O) groups is 1. The average molecular weight is 167 g/mol. The maximum Gasteiger partial charge on any atom is 0.251 e. The van der Waals surface area contributed by atoms with E-state index in [0.717, 1.165) is 0 Å². The molecule has 0 aliphatic rings. The number of aliphatic hydroxyl groups is 1. The highest BCUT2D eigenvalue weighted by Gasteiger charge is 2.16. The van der Waals surface area contributed by atoms with Crippen LogP contribution >= 0.6 is 0 Å². The van der Waals surface area contributed by atoms with Gasteiger partial charge in [-0.15, -0.1) is 0 Å². The normalized spacial score (nSPS) is 12.4. The molecule has 1 atom stereocenters. The van der Waals surface area contributed by atoms with Crippen LogP contribution in [0, 0.1) is 0 Å². The van der Waals surface area contributed by atoms with Crippen LogP contribution in [0.3, 0.4) is 0 Å². The first-order valence-electron chi connectivity index (χ1n) is 3.38. The van der Waals surface area contributed by atoms with Crippen LogP contribution in [0.2, 0.25) is 0 Å². The fourth-order valence-electron chi connectivity index (χ4n) is 0.872. The molecule has 0 bridgehead atoms. The molecule has 4 heteroatoms. The van der Waals surface area contributed by atoms with Crippen LogP contribution in [0.15, 0.2) is 24.3 Å². The number of phenols is 1. The molecule has 0 heterocycles. The van der Waals surface area contributed by atoms with Crippen LogP contribution in [-0.4, -0.2) is 16.1 Å². The quantitative estimate of drug-likeness (QED) is 0.575. The Balaban J connectivity index is 3.02. The summed E-state index contributed by atoms with van der Waals surface area (Å²) in [5, 5.41) is 18.3. The Labute approximate surface area is 69.3 Å². The van der Waals surface area contributed by atoms with Crippen molar-refractivity contribution < 1.29 is 15.0 Å². The van der Waals surface area contributed by atoms with Crippen molar-refractivity contribution in [3.05, 3.63) is 29.8 Å². The number of benzene rings is 1. The number of amides is 1. The molecule has 1 aromatic rings. The number of rotatable bonds is 2. The minimum atomic E-state index is -1.44. The van der Waals surface area contributed by atoms with Gasteiger partial charge in [0.15, 0.2) is 6.10 Å². The Hall–Kier alpha value is -1.55. The van der Waals surface area contributed by atoms with Crippen molar-refractivity contribution in [2.24, 2.45) is 5.73 Å². The van der Waals surface area contributed by atoms with Crippen molar-refractivity contribution >= 4 is 5.91 Å². The second-order valence-corrected chi connectivity index (χ2v) is 2.36. The molecule has 4 N–H and O–H groups in total. The predicted octanol–water partition coefficient (Wildman–Crippen LogP) is -0.0891. The molecule has 12 heavy (non-hydrogen) atoms. The highest BCUT2D eigenvalue weighted by Crippen LogP contribution is 2.22. The zero-order valence-electron chi connectivity index (χ0n) is 6.27. The van der Waals surface area contributed by atoms with Crippen LogP contribution < -0.4 is 5.73 Å². The Morgan fingerprint density at radius 3 is 2.50 bits per heavy atom. The van der Waals surface area contributed by atoms with Gasteiger partial charge >= 0.3 is 0 Å². The molecule has 0 spiro atoms. The van der Waals surface area contributed by atoms with Gasteiger partial charge in [0.05, 0.1) is 0 Å². The molecule has 1 rings (SSSR count). The summed E-state index contributed by atoms with van der Waals surface area (Å²) in [5.74, 6) is -1.01. The Morgan fingerprint density at radius 1 is 1.42 bits per heavy atom. The van der Waals surface area contributed by atoms with Gasteiger partial charge in [-0.25, -0.2) is 0 Å². The molecule has 1 aromatic carbocycles. The molecule has 1 unspecified atom stereocenters. The minimum Gasteiger partial charge on any atom is -0.508 e. The summed E-state index contributed by atoms with van der Waals surface area (Å²) in [6.07, 6.45) is -1.44. The van der Waals surface area contributed by atoms with Gasteiger partial charge in [-0.05, 0) is 6.07 Å². The minimum absolute atomic E-state index is 0.130. The van der Waals surface area contributed by atoms with E-state index < -0.39 is 12.0 Å². The molecule has 0 aromatic heterocycles. The third-order valence-electron chi connectivity index (χ3n) is 1.50. The van der Waals surface area contributed by atoms with Crippen molar-refractivity contribution in [2.75, 3.05) is 0 Å². The van der Waals surface area contributed by atoms with Gasteiger partial charge < -0.3 is 15.9 Å². The van der Waals surface area contributed by atoms with Gasteiger partial charge in [0, 0.05) is 5.56 Å². The summed E-state index contributed by atoms with van der Waals surface area (Å²) in [6.45, 7) is 0. The van der Waals surface area contributed by atoms with E-state index in [9.17, 15) is 4.79 Å². The lowest BCUT2D eigenvalue weighted by Gasteiger charge is -2.07. The lowest BCUT2D eigenvalue weighted by atomic mass is 10.1. The van der Waals surface area contributed by atoms with E-state index in [1.54, 1.807) is 12.1 Å². The summed E-state index contributed by atoms with van der Waals surface area (Å²) >= 11 is 0. The second kappa shape index (κ2) is 3.23. The molecular weight excluding hydrogens is 158 g/mol. The van der Waals surface area contributed by atoms with Gasteiger partial charge in [-0.3, -0.25) is 4.79 Å². The van der Waals surface area contributed by atoms with Crippen molar-refractivity contribution in [1.29, 1.82) is 0 Å². The van der Waals surface area contributed by atoms with Crippen molar-refractivity contribution in [1.82, 2.24) is 0 Å². The first-order valence-corrected chi connectivity index (χ1v) is 3.38. The number of aliphatic hydroxyl groups excluding tert-OH is 1. The van der Waals surface area contributed by atoms with Crippen molar-refractivity contribution in [3.8, 4) is 5.75 Å². The molecule has 0 saturated heterocycles. The first kappa shape index (κ1) is 8.55. The smallest absolute Gasteiger partial charge is 0.251 e. The predicted molar refractivity (Wildman–Crippen MR) is 42.3 cm³/mol. The highest BCUT2D eigenvalue weighted by molar-refractivity contribution is 5.80. The monoisotopic (exact) mass is 167 g/mol. The summed E-state index contributed by atoms with van der Waals surface area (Å²) in [6, 6.07) is 6.00. The Bertz CT molecular complexity index is 298. The van der Waals surface area contributed by atoms with Crippen molar-refractivity contribution in [3.63, 3.8) is 0 Å². The molecule has 0 aliphatic carbocycles. The van der Waals surface area contributed by atoms with E-state index in [1.165, 1.54) is 12.1 Å². The number of carbonyl (C=O) groups excluding carboxylic acids is 1. The zero-order valence-corrected chi connectivity index (χ0v) is 6.27. The number of hydrogen-bond donors (Lipinski definition) is 3. The number of nitrogens with two attached hydrogens (primary N) is 1.